The van der Waals surface area contributed by atoms with Gasteiger partial charge in [0.05, 0.1) is 0 Å². The fourth-order valence-electron chi connectivity index (χ4n) is 2.15. The van der Waals surface area contributed by atoms with E-state index in [0.717, 1.165) is 18.8 Å². The Bertz CT molecular complexity index is 361. The molecular weight excluding hydrogens is 265 g/mol. The second kappa shape index (κ2) is 6.83. The lowest BCUT2D eigenvalue weighted by atomic mass is 9.92. The van der Waals surface area contributed by atoms with Gasteiger partial charge in [-0.3, -0.25) is 0 Å². The van der Waals surface area contributed by atoms with Gasteiger partial charge in [-0.05, 0) is 62.9 Å². The van der Waals surface area contributed by atoms with Gasteiger partial charge in [0, 0.05) is 15.5 Å². The molecule has 2 rings (SSSR count). The molecule has 0 spiro atoms. The van der Waals surface area contributed by atoms with Gasteiger partial charge < -0.3 is 5.32 Å². The molecule has 0 aromatic heterocycles. The Balaban J connectivity index is 1.77. The molecule has 1 aromatic carbocycles. The van der Waals surface area contributed by atoms with E-state index in [1.54, 1.807) is 23.5 Å². The molecule has 1 aliphatic heterocycles. The van der Waals surface area contributed by atoms with Gasteiger partial charge in [-0.25, -0.2) is 4.39 Å². The molecule has 0 unspecified atom stereocenters. The Morgan fingerprint density at radius 1 is 1.17 bits per heavy atom. The first-order valence-electron chi connectivity index (χ1n) is 6.38. The number of rotatable bonds is 5. The van der Waals surface area contributed by atoms with Crippen molar-refractivity contribution in [3.05, 3.63) is 24.3 Å². The molecule has 1 heterocycles. The van der Waals surface area contributed by atoms with Gasteiger partial charge in [-0.15, -0.1) is 23.5 Å². The van der Waals surface area contributed by atoms with E-state index < -0.39 is 5.67 Å². The van der Waals surface area contributed by atoms with Crippen molar-refractivity contribution >= 4 is 23.5 Å². The Morgan fingerprint density at radius 2 is 1.78 bits per heavy atom. The summed E-state index contributed by atoms with van der Waals surface area (Å²) in [6, 6.07) is 8.51. The molecule has 1 aliphatic rings. The number of piperidine rings is 1. The monoisotopic (exact) mass is 285 g/mol. The average Bonchev–Trinajstić information content (AvgIpc) is 2.40. The molecule has 0 saturated carbocycles. The number of hydrogen-bond acceptors (Lipinski definition) is 3. The maximum absolute atomic E-state index is 14.3. The molecule has 100 valence electrons. The number of halogens is 1. The zero-order valence-corrected chi connectivity index (χ0v) is 12.4. The third-order valence-corrected chi connectivity index (χ3v) is 5.14. The van der Waals surface area contributed by atoms with E-state index in [2.05, 4.69) is 35.8 Å². The molecule has 1 aromatic rings. The van der Waals surface area contributed by atoms with Crippen molar-refractivity contribution in [1.82, 2.24) is 5.32 Å². The minimum Gasteiger partial charge on any atom is -0.316 e. The van der Waals surface area contributed by atoms with Crippen molar-refractivity contribution < 1.29 is 4.39 Å². The smallest absolute Gasteiger partial charge is 0.114 e. The fourth-order valence-corrected chi connectivity index (χ4v) is 3.59. The van der Waals surface area contributed by atoms with Crippen molar-refractivity contribution in [2.24, 2.45) is 0 Å². The molecular formula is C14H20FNS2. The summed E-state index contributed by atoms with van der Waals surface area (Å²) in [5, 5.41) is 3.21. The molecule has 0 atom stereocenters. The minimum absolute atomic E-state index is 0.666. The Kier molecular flexibility index (Phi) is 5.39. The van der Waals surface area contributed by atoms with E-state index >= 15 is 0 Å². The maximum Gasteiger partial charge on any atom is 0.114 e. The summed E-state index contributed by atoms with van der Waals surface area (Å²) in [6.07, 6.45) is 4.08. The number of alkyl halides is 1. The summed E-state index contributed by atoms with van der Waals surface area (Å²) in [6.45, 7) is 1.65. The van der Waals surface area contributed by atoms with Crippen molar-refractivity contribution in [2.45, 2.75) is 34.7 Å². The molecule has 18 heavy (non-hydrogen) atoms. The van der Waals surface area contributed by atoms with Crippen molar-refractivity contribution in [2.75, 3.05) is 25.1 Å². The number of thioether (sulfide) groups is 2. The first kappa shape index (κ1) is 14.2. The molecule has 0 radical (unpaired) electrons. The summed E-state index contributed by atoms with van der Waals surface area (Å²) in [4.78, 5) is 2.52. The third-order valence-electron chi connectivity index (χ3n) is 3.38. The molecule has 0 aliphatic carbocycles. The summed E-state index contributed by atoms with van der Waals surface area (Å²) in [7, 11) is 0. The second-order valence-corrected chi connectivity index (χ2v) is 6.72. The van der Waals surface area contributed by atoms with E-state index in [1.807, 2.05) is 0 Å². The SMILES string of the molecule is CSc1ccc(SCCC2(F)CCNCC2)cc1. The topological polar surface area (TPSA) is 12.0 Å². The molecule has 0 amide bonds. The molecule has 0 bridgehead atoms. The Hall–Kier alpha value is -0.190. The van der Waals surface area contributed by atoms with Gasteiger partial charge in [-0.1, -0.05) is 0 Å². The van der Waals surface area contributed by atoms with Crippen LogP contribution in [0.4, 0.5) is 4.39 Å². The maximum atomic E-state index is 14.3. The first-order chi connectivity index (χ1) is 8.72. The van der Waals surface area contributed by atoms with Gasteiger partial charge in [0.2, 0.25) is 0 Å². The quantitative estimate of drug-likeness (QED) is 0.822. The van der Waals surface area contributed by atoms with Gasteiger partial charge in [0.15, 0.2) is 0 Å². The highest BCUT2D eigenvalue weighted by molar-refractivity contribution is 7.99. The van der Waals surface area contributed by atoms with Crippen molar-refractivity contribution in [3.63, 3.8) is 0 Å². The normalized spacial score (nSPS) is 18.8. The van der Waals surface area contributed by atoms with Crippen LogP contribution in [0.1, 0.15) is 19.3 Å². The molecule has 4 heteroatoms. The fraction of sp³-hybridized carbons (Fsp3) is 0.571. The van der Waals surface area contributed by atoms with E-state index in [0.29, 0.717) is 19.3 Å². The average molecular weight is 285 g/mol. The third kappa shape index (κ3) is 4.18. The summed E-state index contributed by atoms with van der Waals surface area (Å²) >= 11 is 3.51. The van der Waals surface area contributed by atoms with Gasteiger partial charge in [-0.2, -0.15) is 0 Å². The zero-order chi connectivity index (χ0) is 12.8. The van der Waals surface area contributed by atoms with Gasteiger partial charge >= 0.3 is 0 Å². The molecule has 1 N–H and O–H groups in total. The first-order valence-corrected chi connectivity index (χ1v) is 8.59. The van der Waals surface area contributed by atoms with Crippen molar-refractivity contribution in [3.8, 4) is 0 Å². The van der Waals surface area contributed by atoms with Crippen LogP contribution < -0.4 is 5.32 Å². The van der Waals surface area contributed by atoms with E-state index in [9.17, 15) is 4.39 Å². The number of nitrogens with one attached hydrogen (secondary N) is 1. The van der Waals surface area contributed by atoms with E-state index in [4.69, 9.17) is 0 Å². The summed E-state index contributed by atoms with van der Waals surface area (Å²) in [5.74, 6) is 0.870. The van der Waals surface area contributed by atoms with Crippen LogP contribution in [0.2, 0.25) is 0 Å². The van der Waals surface area contributed by atoms with Crippen LogP contribution in [0.5, 0.6) is 0 Å². The predicted molar refractivity (Wildman–Crippen MR) is 79.5 cm³/mol. The van der Waals surface area contributed by atoms with E-state index in [-0.39, 0.29) is 0 Å². The molecule has 1 fully saturated rings. The molecule has 1 nitrogen and oxygen atoms in total. The summed E-state index contributed by atoms with van der Waals surface area (Å²) in [5.41, 5.74) is -0.933. The zero-order valence-electron chi connectivity index (χ0n) is 10.7. The van der Waals surface area contributed by atoms with Crippen LogP contribution in [-0.2, 0) is 0 Å². The number of hydrogen-bond donors (Lipinski definition) is 1. The van der Waals surface area contributed by atoms with Crippen LogP contribution in [0, 0.1) is 0 Å². The molecule has 1 saturated heterocycles. The largest absolute Gasteiger partial charge is 0.316 e. The van der Waals surface area contributed by atoms with Crippen LogP contribution in [0.25, 0.3) is 0 Å². The number of benzene rings is 1. The van der Waals surface area contributed by atoms with Crippen LogP contribution in [0.15, 0.2) is 34.1 Å². The summed E-state index contributed by atoms with van der Waals surface area (Å²) < 4.78 is 14.3. The van der Waals surface area contributed by atoms with Crippen LogP contribution >= 0.6 is 23.5 Å². The van der Waals surface area contributed by atoms with Crippen LogP contribution in [0.3, 0.4) is 0 Å². The predicted octanol–water partition coefficient (Wildman–Crippen LogP) is 3.98. The van der Waals surface area contributed by atoms with Gasteiger partial charge in [0.1, 0.15) is 5.67 Å². The lowest BCUT2D eigenvalue weighted by molar-refractivity contribution is 0.112. The van der Waals surface area contributed by atoms with E-state index in [1.165, 1.54) is 9.79 Å². The van der Waals surface area contributed by atoms with Gasteiger partial charge in [0.25, 0.3) is 0 Å². The highest BCUT2D eigenvalue weighted by Gasteiger charge is 2.30. The highest BCUT2D eigenvalue weighted by atomic mass is 32.2. The standard InChI is InChI=1S/C14H20FNS2/c1-17-12-2-4-13(5-3-12)18-11-8-14(15)6-9-16-10-7-14/h2-5,16H,6-11H2,1H3. The minimum atomic E-state index is -0.933. The second-order valence-electron chi connectivity index (χ2n) is 4.67. The highest BCUT2D eigenvalue weighted by Crippen LogP contribution is 2.31. The van der Waals surface area contributed by atoms with Crippen LogP contribution in [-0.4, -0.2) is 30.8 Å². The van der Waals surface area contributed by atoms with Crippen molar-refractivity contribution in [1.29, 1.82) is 0 Å². The lowest BCUT2D eigenvalue weighted by Crippen LogP contribution is -2.38. The Morgan fingerprint density at radius 3 is 2.39 bits per heavy atom. The lowest BCUT2D eigenvalue weighted by Gasteiger charge is -2.29. The Labute approximate surface area is 117 Å².